The summed E-state index contributed by atoms with van der Waals surface area (Å²) in [7, 11) is 0. The Labute approximate surface area is 104 Å². The zero-order chi connectivity index (χ0) is 11.7. The van der Waals surface area contributed by atoms with Crippen molar-refractivity contribution in [1.29, 1.82) is 0 Å². The van der Waals surface area contributed by atoms with E-state index in [2.05, 4.69) is 28.9 Å². The molecule has 0 saturated carbocycles. The van der Waals surface area contributed by atoms with Crippen molar-refractivity contribution >= 4 is 0 Å². The summed E-state index contributed by atoms with van der Waals surface area (Å²) in [5.74, 6) is 0.859. The minimum Gasteiger partial charge on any atom is -0.300 e. The van der Waals surface area contributed by atoms with E-state index in [4.69, 9.17) is 0 Å². The van der Waals surface area contributed by atoms with E-state index in [0.29, 0.717) is 0 Å². The van der Waals surface area contributed by atoms with Crippen LogP contribution in [-0.4, -0.2) is 29.0 Å². The lowest BCUT2D eigenvalue weighted by Gasteiger charge is -2.44. The third kappa shape index (κ3) is 2.11. The standard InChI is InChI=1S/C15H22N2/c1-2-8-17-9-4-6-13-10-14-12(11-15(13)17)5-3-7-16-14/h3,5,7,13,15H,2,4,6,8-11H2,1H3. The quantitative estimate of drug-likeness (QED) is 0.776. The van der Waals surface area contributed by atoms with Gasteiger partial charge in [0, 0.05) is 17.9 Å². The average molecular weight is 230 g/mol. The van der Waals surface area contributed by atoms with Crippen molar-refractivity contribution in [3.63, 3.8) is 0 Å². The Hall–Kier alpha value is -0.890. The molecule has 0 amide bonds. The summed E-state index contributed by atoms with van der Waals surface area (Å²) < 4.78 is 0. The van der Waals surface area contributed by atoms with Crippen molar-refractivity contribution in [2.45, 2.75) is 45.1 Å². The highest BCUT2D eigenvalue weighted by Crippen LogP contribution is 2.34. The van der Waals surface area contributed by atoms with Crippen molar-refractivity contribution in [2.24, 2.45) is 5.92 Å². The summed E-state index contributed by atoms with van der Waals surface area (Å²) in [6.07, 6.45) is 8.45. The van der Waals surface area contributed by atoms with Crippen molar-refractivity contribution in [1.82, 2.24) is 9.88 Å². The molecular weight excluding hydrogens is 208 g/mol. The maximum atomic E-state index is 4.56. The van der Waals surface area contributed by atoms with Crippen LogP contribution in [0.3, 0.4) is 0 Å². The molecule has 1 aliphatic carbocycles. The number of likely N-dealkylation sites (tertiary alicyclic amines) is 1. The third-order valence-corrected chi connectivity index (χ3v) is 4.41. The monoisotopic (exact) mass is 230 g/mol. The smallest absolute Gasteiger partial charge is 0.0439 e. The van der Waals surface area contributed by atoms with Crippen LogP contribution < -0.4 is 0 Å². The number of fused-ring (bicyclic) bond motifs is 2. The van der Waals surface area contributed by atoms with Gasteiger partial charge in [-0.05, 0) is 62.7 Å². The Morgan fingerprint density at radius 2 is 2.35 bits per heavy atom. The van der Waals surface area contributed by atoms with E-state index in [0.717, 1.165) is 12.0 Å². The Morgan fingerprint density at radius 1 is 1.41 bits per heavy atom. The highest BCUT2D eigenvalue weighted by Gasteiger charge is 2.35. The summed E-state index contributed by atoms with van der Waals surface area (Å²) in [6.45, 7) is 4.88. The molecule has 1 fully saturated rings. The number of nitrogens with zero attached hydrogens (tertiary/aromatic N) is 2. The van der Waals surface area contributed by atoms with E-state index in [1.165, 1.54) is 56.5 Å². The number of aromatic nitrogens is 1. The molecule has 1 saturated heterocycles. The van der Waals surface area contributed by atoms with E-state index < -0.39 is 0 Å². The highest BCUT2D eigenvalue weighted by molar-refractivity contribution is 5.25. The molecule has 0 spiro atoms. The minimum atomic E-state index is 0.792. The second kappa shape index (κ2) is 4.77. The van der Waals surface area contributed by atoms with Crippen LogP contribution in [0.2, 0.25) is 0 Å². The lowest BCUT2D eigenvalue weighted by atomic mass is 9.77. The molecule has 1 aromatic rings. The van der Waals surface area contributed by atoms with Gasteiger partial charge in [0.25, 0.3) is 0 Å². The van der Waals surface area contributed by atoms with Crippen LogP contribution in [0.4, 0.5) is 0 Å². The van der Waals surface area contributed by atoms with Crippen LogP contribution in [0.15, 0.2) is 18.3 Å². The molecule has 2 atom stereocenters. The molecule has 17 heavy (non-hydrogen) atoms. The van der Waals surface area contributed by atoms with E-state index in [1.54, 1.807) is 0 Å². The highest BCUT2D eigenvalue weighted by atomic mass is 15.2. The predicted molar refractivity (Wildman–Crippen MR) is 70.0 cm³/mol. The average Bonchev–Trinajstić information content (AvgIpc) is 2.37. The Morgan fingerprint density at radius 3 is 3.24 bits per heavy atom. The van der Waals surface area contributed by atoms with Crippen LogP contribution in [-0.2, 0) is 12.8 Å². The molecule has 1 aliphatic heterocycles. The molecule has 2 aliphatic rings. The lowest BCUT2D eigenvalue weighted by molar-refractivity contribution is 0.0846. The summed E-state index contributed by atoms with van der Waals surface area (Å²) >= 11 is 0. The molecule has 2 heteroatoms. The first-order chi connectivity index (χ1) is 8.38. The van der Waals surface area contributed by atoms with Gasteiger partial charge < -0.3 is 0 Å². The molecule has 2 unspecified atom stereocenters. The van der Waals surface area contributed by atoms with Crippen molar-refractivity contribution in [3.05, 3.63) is 29.6 Å². The zero-order valence-corrected chi connectivity index (χ0v) is 10.7. The van der Waals surface area contributed by atoms with Crippen LogP contribution >= 0.6 is 0 Å². The minimum absolute atomic E-state index is 0.792. The first-order valence-electron chi connectivity index (χ1n) is 7.05. The Bertz CT molecular complexity index is 386. The third-order valence-electron chi connectivity index (χ3n) is 4.41. The van der Waals surface area contributed by atoms with Gasteiger partial charge in [0.2, 0.25) is 0 Å². The molecule has 0 bridgehead atoms. The number of hydrogen-bond acceptors (Lipinski definition) is 2. The van der Waals surface area contributed by atoms with E-state index in [-0.39, 0.29) is 0 Å². The van der Waals surface area contributed by atoms with Gasteiger partial charge >= 0.3 is 0 Å². The topological polar surface area (TPSA) is 16.1 Å². The summed E-state index contributed by atoms with van der Waals surface area (Å²) in [6, 6.07) is 5.16. The van der Waals surface area contributed by atoms with Gasteiger partial charge in [0.15, 0.2) is 0 Å². The number of pyridine rings is 1. The number of hydrogen-bond donors (Lipinski definition) is 0. The van der Waals surface area contributed by atoms with Gasteiger partial charge in [-0.1, -0.05) is 13.0 Å². The van der Waals surface area contributed by atoms with E-state index in [1.807, 2.05) is 6.20 Å². The molecule has 2 heterocycles. The molecular formula is C15H22N2. The lowest BCUT2D eigenvalue weighted by Crippen LogP contribution is -2.49. The maximum absolute atomic E-state index is 4.56. The Balaban J connectivity index is 1.84. The van der Waals surface area contributed by atoms with Gasteiger partial charge in [-0.3, -0.25) is 9.88 Å². The molecule has 0 aromatic carbocycles. The zero-order valence-electron chi connectivity index (χ0n) is 10.7. The second-order valence-corrected chi connectivity index (χ2v) is 5.52. The normalized spacial score (nSPS) is 28.5. The Kier molecular flexibility index (Phi) is 3.15. The largest absolute Gasteiger partial charge is 0.300 e. The van der Waals surface area contributed by atoms with Gasteiger partial charge in [-0.2, -0.15) is 0 Å². The maximum Gasteiger partial charge on any atom is 0.0439 e. The van der Waals surface area contributed by atoms with Crippen LogP contribution in [0.5, 0.6) is 0 Å². The summed E-state index contributed by atoms with van der Waals surface area (Å²) in [5, 5.41) is 0. The summed E-state index contributed by atoms with van der Waals surface area (Å²) in [5.41, 5.74) is 2.86. The molecule has 0 N–H and O–H groups in total. The fourth-order valence-corrected chi connectivity index (χ4v) is 3.63. The number of rotatable bonds is 2. The van der Waals surface area contributed by atoms with Crippen LogP contribution in [0.1, 0.15) is 37.4 Å². The van der Waals surface area contributed by atoms with Crippen LogP contribution in [0.25, 0.3) is 0 Å². The molecule has 2 nitrogen and oxygen atoms in total. The molecule has 0 radical (unpaired) electrons. The van der Waals surface area contributed by atoms with E-state index in [9.17, 15) is 0 Å². The molecule has 3 rings (SSSR count). The molecule has 1 aromatic heterocycles. The predicted octanol–water partition coefficient (Wildman–Crippen LogP) is 2.67. The number of piperidine rings is 1. The summed E-state index contributed by atoms with van der Waals surface area (Å²) in [4.78, 5) is 7.29. The first kappa shape index (κ1) is 11.2. The van der Waals surface area contributed by atoms with Gasteiger partial charge in [-0.25, -0.2) is 0 Å². The van der Waals surface area contributed by atoms with Gasteiger partial charge in [-0.15, -0.1) is 0 Å². The van der Waals surface area contributed by atoms with Crippen molar-refractivity contribution in [3.8, 4) is 0 Å². The van der Waals surface area contributed by atoms with Gasteiger partial charge in [0.1, 0.15) is 0 Å². The van der Waals surface area contributed by atoms with Crippen molar-refractivity contribution < 1.29 is 0 Å². The second-order valence-electron chi connectivity index (χ2n) is 5.52. The van der Waals surface area contributed by atoms with Crippen LogP contribution in [0, 0.1) is 5.92 Å². The fraction of sp³-hybridized carbons (Fsp3) is 0.667. The first-order valence-corrected chi connectivity index (χ1v) is 7.05. The van der Waals surface area contributed by atoms with E-state index >= 15 is 0 Å². The van der Waals surface area contributed by atoms with Gasteiger partial charge in [0.05, 0.1) is 0 Å². The fourth-order valence-electron chi connectivity index (χ4n) is 3.63. The SMILES string of the molecule is CCCN1CCCC2Cc3ncccc3CC21. The molecule has 92 valence electrons. The van der Waals surface area contributed by atoms with Crippen molar-refractivity contribution in [2.75, 3.05) is 13.1 Å².